The summed E-state index contributed by atoms with van der Waals surface area (Å²) >= 11 is 6.11. The van der Waals surface area contributed by atoms with Gasteiger partial charge in [0.2, 0.25) is 0 Å². The van der Waals surface area contributed by atoms with Crippen molar-refractivity contribution in [2.75, 3.05) is 7.11 Å². The van der Waals surface area contributed by atoms with Gasteiger partial charge in [0.15, 0.2) is 0 Å². The summed E-state index contributed by atoms with van der Waals surface area (Å²) in [5.41, 5.74) is 1.32. The Bertz CT molecular complexity index is 675. The van der Waals surface area contributed by atoms with Crippen molar-refractivity contribution in [2.24, 2.45) is 0 Å². The maximum absolute atomic E-state index is 13.2. The van der Waals surface area contributed by atoms with E-state index < -0.39 is 6.10 Å². The monoisotopic (exact) mass is 308 g/mol. The molecular weight excluding hydrogens is 295 g/mol. The summed E-state index contributed by atoms with van der Waals surface area (Å²) in [4.78, 5) is 0. The summed E-state index contributed by atoms with van der Waals surface area (Å²) in [7, 11) is 1.55. The fourth-order valence-corrected chi connectivity index (χ4v) is 2.77. The van der Waals surface area contributed by atoms with Crippen LogP contribution in [0.3, 0.4) is 0 Å². The van der Waals surface area contributed by atoms with Crippen LogP contribution in [0.2, 0.25) is 5.02 Å². The van der Waals surface area contributed by atoms with Crippen molar-refractivity contribution in [3.63, 3.8) is 0 Å². The van der Waals surface area contributed by atoms with Crippen LogP contribution >= 0.6 is 11.6 Å². The first-order chi connectivity index (χ1) is 10.1. The first kappa shape index (κ1) is 14.2. The number of ether oxygens (including phenoxy) is 2. The van der Waals surface area contributed by atoms with E-state index in [9.17, 15) is 9.50 Å². The van der Waals surface area contributed by atoms with Crippen LogP contribution in [-0.4, -0.2) is 12.2 Å². The third kappa shape index (κ3) is 2.69. The molecule has 21 heavy (non-hydrogen) atoms. The zero-order valence-corrected chi connectivity index (χ0v) is 12.1. The molecule has 0 aliphatic carbocycles. The van der Waals surface area contributed by atoms with Gasteiger partial charge in [-0.05, 0) is 35.9 Å². The normalized spacial score (nSPS) is 20.6. The van der Waals surface area contributed by atoms with Gasteiger partial charge in [0.1, 0.15) is 23.4 Å². The van der Waals surface area contributed by atoms with Crippen molar-refractivity contribution in [3.8, 4) is 11.5 Å². The fraction of sp³-hybridized carbons (Fsp3) is 0.250. The van der Waals surface area contributed by atoms with E-state index in [1.165, 1.54) is 18.2 Å². The summed E-state index contributed by atoms with van der Waals surface area (Å²) in [5, 5.41) is 10.7. The largest absolute Gasteiger partial charge is 0.495 e. The zero-order chi connectivity index (χ0) is 15.0. The quantitative estimate of drug-likeness (QED) is 0.910. The number of hydrogen-bond donors (Lipinski definition) is 1. The number of aliphatic hydroxyl groups excluding tert-OH is 1. The molecule has 2 aromatic rings. The summed E-state index contributed by atoms with van der Waals surface area (Å²) in [6.07, 6.45) is -0.754. The lowest BCUT2D eigenvalue weighted by Gasteiger charge is -2.30. The van der Waals surface area contributed by atoms with Gasteiger partial charge in [-0.1, -0.05) is 17.7 Å². The zero-order valence-electron chi connectivity index (χ0n) is 11.3. The Morgan fingerprint density at radius 2 is 2.10 bits per heavy atom. The number of fused-ring (bicyclic) bond motifs is 1. The van der Waals surface area contributed by atoms with Gasteiger partial charge >= 0.3 is 0 Å². The van der Waals surface area contributed by atoms with E-state index in [-0.39, 0.29) is 11.9 Å². The molecule has 2 unspecified atom stereocenters. The first-order valence-electron chi connectivity index (χ1n) is 6.56. The third-order valence-electron chi connectivity index (χ3n) is 3.59. The van der Waals surface area contributed by atoms with Crippen LogP contribution in [-0.2, 0) is 0 Å². The standard InChI is InChI=1S/C16H14ClFO3/c1-20-15-4-2-9(6-12(15)17)16-8-13(19)11-7-10(18)3-5-14(11)21-16/h2-7,13,16,19H,8H2,1H3. The maximum Gasteiger partial charge on any atom is 0.137 e. The van der Waals surface area contributed by atoms with E-state index in [0.717, 1.165) is 5.56 Å². The average Bonchev–Trinajstić information content (AvgIpc) is 2.47. The van der Waals surface area contributed by atoms with Gasteiger partial charge < -0.3 is 14.6 Å². The average molecular weight is 309 g/mol. The number of aliphatic hydroxyl groups is 1. The Kier molecular flexibility index (Phi) is 3.74. The van der Waals surface area contributed by atoms with E-state index in [1.807, 2.05) is 6.07 Å². The first-order valence-corrected chi connectivity index (χ1v) is 6.94. The highest BCUT2D eigenvalue weighted by Crippen LogP contribution is 2.42. The minimum absolute atomic E-state index is 0.332. The molecule has 0 spiro atoms. The summed E-state index contributed by atoms with van der Waals surface area (Å²) < 4.78 is 24.2. The molecule has 1 N–H and O–H groups in total. The molecule has 0 bridgehead atoms. The van der Waals surface area contributed by atoms with Gasteiger partial charge in [-0.15, -0.1) is 0 Å². The molecule has 0 amide bonds. The predicted molar refractivity (Wildman–Crippen MR) is 77.3 cm³/mol. The second-order valence-corrected chi connectivity index (χ2v) is 5.34. The van der Waals surface area contributed by atoms with Crippen molar-refractivity contribution in [1.29, 1.82) is 0 Å². The highest BCUT2D eigenvalue weighted by Gasteiger charge is 2.28. The van der Waals surface area contributed by atoms with Crippen molar-refractivity contribution in [1.82, 2.24) is 0 Å². The number of halogens is 2. The molecule has 0 saturated carbocycles. The molecule has 0 fully saturated rings. The summed E-state index contributed by atoms with van der Waals surface area (Å²) in [5.74, 6) is 0.689. The number of hydrogen-bond acceptors (Lipinski definition) is 3. The smallest absolute Gasteiger partial charge is 0.137 e. The van der Waals surface area contributed by atoms with Gasteiger partial charge in [0.05, 0.1) is 18.2 Å². The van der Waals surface area contributed by atoms with Crippen molar-refractivity contribution in [3.05, 3.63) is 58.4 Å². The van der Waals surface area contributed by atoms with E-state index in [4.69, 9.17) is 21.1 Å². The Morgan fingerprint density at radius 1 is 1.29 bits per heavy atom. The number of rotatable bonds is 2. The van der Waals surface area contributed by atoms with Crippen LogP contribution in [0.5, 0.6) is 11.5 Å². The molecule has 1 heterocycles. The predicted octanol–water partition coefficient (Wildman–Crippen LogP) is 4.04. The van der Waals surface area contributed by atoms with E-state index in [1.54, 1.807) is 19.2 Å². The Hall–Kier alpha value is -1.78. The van der Waals surface area contributed by atoms with E-state index in [2.05, 4.69) is 0 Å². The Morgan fingerprint density at radius 3 is 2.81 bits per heavy atom. The molecular formula is C16H14ClFO3. The third-order valence-corrected chi connectivity index (χ3v) is 3.88. The molecule has 1 aliphatic heterocycles. The van der Waals surface area contributed by atoms with Crippen molar-refractivity contribution >= 4 is 11.6 Å². The van der Waals surface area contributed by atoms with Crippen LogP contribution < -0.4 is 9.47 Å². The second kappa shape index (κ2) is 5.54. The minimum Gasteiger partial charge on any atom is -0.495 e. The highest BCUT2D eigenvalue weighted by molar-refractivity contribution is 6.32. The fourth-order valence-electron chi connectivity index (χ4n) is 2.51. The lowest BCUT2D eigenvalue weighted by atomic mass is 9.95. The Balaban J connectivity index is 1.92. The van der Waals surface area contributed by atoms with Gasteiger partial charge in [-0.25, -0.2) is 4.39 Å². The molecule has 5 heteroatoms. The lowest BCUT2D eigenvalue weighted by Crippen LogP contribution is -2.19. The topological polar surface area (TPSA) is 38.7 Å². The van der Waals surface area contributed by atoms with Crippen LogP contribution in [0.4, 0.5) is 4.39 Å². The molecule has 3 nitrogen and oxygen atoms in total. The van der Waals surface area contributed by atoms with Crippen molar-refractivity contribution < 1.29 is 19.0 Å². The lowest BCUT2D eigenvalue weighted by molar-refractivity contribution is 0.0653. The summed E-state index contributed by atoms with van der Waals surface area (Å²) in [6.45, 7) is 0. The van der Waals surface area contributed by atoms with E-state index >= 15 is 0 Å². The van der Waals surface area contributed by atoms with Gasteiger partial charge in [-0.2, -0.15) is 0 Å². The SMILES string of the molecule is COc1ccc(C2CC(O)c3cc(F)ccc3O2)cc1Cl. The van der Waals surface area contributed by atoms with Crippen LogP contribution in [0, 0.1) is 5.82 Å². The van der Waals surface area contributed by atoms with Crippen LogP contribution in [0.15, 0.2) is 36.4 Å². The minimum atomic E-state index is -0.768. The molecule has 0 radical (unpaired) electrons. The number of benzene rings is 2. The van der Waals surface area contributed by atoms with Gasteiger partial charge in [-0.3, -0.25) is 0 Å². The summed E-state index contributed by atoms with van der Waals surface area (Å²) in [6, 6.07) is 9.51. The van der Waals surface area contributed by atoms with Crippen molar-refractivity contribution in [2.45, 2.75) is 18.6 Å². The molecule has 2 atom stereocenters. The maximum atomic E-state index is 13.2. The van der Waals surface area contributed by atoms with Gasteiger partial charge in [0.25, 0.3) is 0 Å². The second-order valence-electron chi connectivity index (χ2n) is 4.93. The van der Waals surface area contributed by atoms with Gasteiger partial charge in [0, 0.05) is 12.0 Å². The molecule has 0 saturated heterocycles. The Labute approximate surface area is 126 Å². The molecule has 3 rings (SSSR count). The van der Waals surface area contributed by atoms with Crippen LogP contribution in [0.1, 0.15) is 29.8 Å². The molecule has 0 aromatic heterocycles. The molecule has 2 aromatic carbocycles. The molecule has 1 aliphatic rings. The van der Waals surface area contributed by atoms with Crippen LogP contribution in [0.25, 0.3) is 0 Å². The highest BCUT2D eigenvalue weighted by atomic mass is 35.5. The molecule has 110 valence electrons. The van der Waals surface area contributed by atoms with E-state index in [0.29, 0.717) is 28.5 Å². The number of methoxy groups -OCH3 is 1.